The van der Waals surface area contributed by atoms with Crippen LogP contribution in [0.4, 0.5) is 0 Å². The summed E-state index contributed by atoms with van der Waals surface area (Å²) in [6.07, 6.45) is -8.05. The first kappa shape index (κ1) is 21.2. The van der Waals surface area contributed by atoms with Crippen molar-refractivity contribution in [3.8, 4) is 0 Å². The van der Waals surface area contributed by atoms with Gasteiger partial charge in [0.15, 0.2) is 0 Å². The molecule has 6 atom stereocenters. The summed E-state index contributed by atoms with van der Waals surface area (Å²) in [4.78, 5) is 33.2. The molecule has 1 fully saturated rings. The first-order valence-corrected chi connectivity index (χ1v) is 7.23. The second-order valence-corrected chi connectivity index (χ2v) is 5.56. The quantitative estimate of drug-likeness (QED) is 0.214. The molecule has 12 heteroatoms. The number of nitrogens with one attached hydrogen (secondary N) is 1. The Labute approximate surface area is 141 Å². The first-order valence-electron chi connectivity index (χ1n) is 7.23. The van der Waals surface area contributed by atoms with E-state index >= 15 is 0 Å². The number of aliphatic hydroxyl groups is 5. The Morgan fingerprint density at radius 3 is 2.44 bits per heavy atom. The molecular formula is C13H21NO11. The molecule has 7 N–H and O–H groups in total. The van der Waals surface area contributed by atoms with Crippen LogP contribution in [0.5, 0.6) is 0 Å². The number of carboxylic acid groups (broad SMARTS) is 1. The largest absolute Gasteiger partial charge is 0.477 e. The Kier molecular flexibility index (Phi) is 7.22. The summed E-state index contributed by atoms with van der Waals surface area (Å²) in [5.74, 6) is -6.47. The Balaban J connectivity index is 3.03. The smallest absolute Gasteiger partial charge is 0.364 e. The number of rotatable bonds is 7. The van der Waals surface area contributed by atoms with E-state index in [0.29, 0.717) is 0 Å². The van der Waals surface area contributed by atoms with Crippen molar-refractivity contribution in [3.05, 3.63) is 0 Å². The summed E-state index contributed by atoms with van der Waals surface area (Å²) in [6.45, 7) is -0.600. The van der Waals surface area contributed by atoms with Crippen LogP contribution in [0.2, 0.25) is 0 Å². The third-order valence-corrected chi connectivity index (χ3v) is 3.58. The second kappa shape index (κ2) is 8.51. The minimum Gasteiger partial charge on any atom is -0.477 e. The van der Waals surface area contributed by atoms with E-state index in [-0.39, 0.29) is 0 Å². The zero-order valence-electron chi connectivity index (χ0n) is 13.2. The van der Waals surface area contributed by atoms with Gasteiger partial charge in [-0.3, -0.25) is 9.59 Å². The van der Waals surface area contributed by atoms with Gasteiger partial charge in [0.05, 0.1) is 12.1 Å². The van der Waals surface area contributed by atoms with Crippen LogP contribution in [-0.2, 0) is 23.9 Å². The SMILES string of the molecule is CC(=O)OCC(O)C(O)[C@@H]1OC(O)(C(=O)O)C[C@H](O)[C@H]1NC(=O)CO. The van der Waals surface area contributed by atoms with Gasteiger partial charge in [-0.1, -0.05) is 0 Å². The highest BCUT2D eigenvalue weighted by atomic mass is 16.7. The fourth-order valence-corrected chi connectivity index (χ4v) is 2.33. The van der Waals surface area contributed by atoms with Crippen molar-refractivity contribution in [2.75, 3.05) is 13.2 Å². The molecule has 1 amide bonds. The van der Waals surface area contributed by atoms with E-state index in [4.69, 9.17) is 14.9 Å². The molecule has 0 saturated carbocycles. The highest BCUT2D eigenvalue weighted by Crippen LogP contribution is 2.30. The van der Waals surface area contributed by atoms with E-state index in [2.05, 4.69) is 10.1 Å². The van der Waals surface area contributed by atoms with Crippen LogP contribution in [0.25, 0.3) is 0 Å². The van der Waals surface area contributed by atoms with Crippen molar-refractivity contribution in [1.29, 1.82) is 0 Å². The zero-order valence-corrected chi connectivity index (χ0v) is 13.2. The van der Waals surface area contributed by atoms with Gasteiger partial charge in [0.1, 0.15) is 31.5 Å². The molecule has 0 aromatic heterocycles. The minimum absolute atomic E-state index is 0.682. The van der Waals surface area contributed by atoms with Crippen LogP contribution in [0.3, 0.4) is 0 Å². The monoisotopic (exact) mass is 367 g/mol. The summed E-state index contributed by atoms with van der Waals surface area (Å²) >= 11 is 0. The van der Waals surface area contributed by atoms with Crippen molar-refractivity contribution >= 4 is 17.8 Å². The zero-order chi connectivity index (χ0) is 19.4. The molecule has 1 aliphatic rings. The fourth-order valence-electron chi connectivity index (χ4n) is 2.33. The van der Waals surface area contributed by atoms with E-state index in [9.17, 15) is 34.8 Å². The van der Waals surface area contributed by atoms with Crippen LogP contribution in [0.15, 0.2) is 0 Å². The Morgan fingerprint density at radius 1 is 1.36 bits per heavy atom. The summed E-state index contributed by atoms with van der Waals surface area (Å²) in [5, 5.41) is 59.8. The second-order valence-electron chi connectivity index (χ2n) is 5.56. The number of carboxylic acids is 1. The van der Waals surface area contributed by atoms with Crippen LogP contribution in [-0.4, -0.2) is 97.9 Å². The third-order valence-electron chi connectivity index (χ3n) is 3.58. The highest BCUT2D eigenvalue weighted by molar-refractivity contribution is 5.78. The van der Waals surface area contributed by atoms with Gasteiger partial charge in [-0.05, 0) is 0 Å². The van der Waals surface area contributed by atoms with Crippen molar-refractivity contribution < 1.29 is 54.5 Å². The van der Waals surface area contributed by atoms with Gasteiger partial charge in [-0.2, -0.15) is 0 Å². The number of amides is 1. The van der Waals surface area contributed by atoms with Gasteiger partial charge in [0.25, 0.3) is 5.79 Å². The molecule has 0 aliphatic carbocycles. The summed E-state index contributed by atoms with van der Waals surface area (Å²) in [5.41, 5.74) is 0. The average molecular weight is 367 g/mol. The molecule has 0 aromatic rings. The van der Waals surface area contributed by atoms with Crippen molar-refractivity contribution in [3.63, 3.8) is 0 Å². The average Bonchev–Trinajstić information content (AvgIpc) is 2.53. The third kappa shape index (κ3) is 5.32. The number of aliphatic hydroxyl groups excluding tert-OH is 4. The fraction of sp³-hybridized carbons (Fsp3) is 0.769. The first-order chi connectivity index (χ1) is 11.5. The lowest BCUT2D eigenvalue weighted by Gasteiger charge is -2.44. The van der Waals surface area contributed by atoms with E-state index in [1.165, 1.54) is 0 Å². The predicted molar refractivity (Wildman–Crippen MR) is 75.7 cm³/mol. The van der Waals surface area contributed by atoms with Crippen LogP contribution >= 0.6 is 0 Å². The Bertz CT molecular complexity index is 512. The van der Waals surface area contributed by atoms with Crippen molar-refractivity contribution in [2.24, 2.45) is 0 Å². The molecule has 1 saturated heterocycles. The van der Waals surface area contributed by atoms with Gasteiger partial charge >= 0.3 is 11.9 Å². The predicted octanol–water partition coefficient (Wildman–Crippen LogP) is -4.33. The number of hydrogen-bond acceptors (Lipinski definition) is 10. The molecule has 0 aromatic carbocycles. The maximum Gasteiger partial charge on any atom is 0.364 e. The number of aliphatic carboxylic acids is 1. The lowest BCUT2D eigenvalue weighted by molar-refractivity contribution is -0.295. The molecule has 144 valence electrons. The summed E-state index contributed by atoms with van der Waals surface area (Å²) in [7, 11) is 0. The Morgan fingerprint density at radius 2 is 1.96 bits per heavy atom. The van der Waals surface area contributed by atoms with E-state index in [1.54, 1.807) is 0 Å². The van der Waals surface area contributed by atoms with Crippen LogP contribution in [0.1, 0.15) is 13.3 Å². The lowest BCUT2D eigenvalue weighted by Crippen LogP contribution is -2.67. The lowest BCUT2D eigenvalue weighted by atomic mass is 9.88. The van der Waals surface area contributed by atoms with Crippen LogP contribution < -0.4 is 5.32 Å². The minimum atomic E-state index is -2.88. The topological polar surface area (TPSA) is 203 Å². The molecule has 1 heterocycles. The summed E-state index contributed by atoms with van der Waals surface area (Å²) in [6, 6.07) is -1.46. The summed E-state index contributed by atoms with van der Waals surface area (Å²) < 4.78 is 9.41. The van der Waals surface area contributed by atoms with E-state index < -0.39 is 73.7 Å². The number of carbonyl (C=O) groups is 3. The molecule has 0 bridgehead atoms. The Hall–Kier alpha value is -1.83. The van der Waals surface area contributed by atoms with E-state index in [0.717, 1.165) is 6.92 Å². The molecule has 3 unspecified atom stereocenters. The molecule has 0 spiro atoms. The molecule has 1 aliphatic heterocycles. The van der Waals surface area contributed by atoms with Gasteiger partial charge in [-0.15, -0.1) is 0 Å². The maximum atomic E-state index is 11.4. The molecule has 0 radical (unpaired) electrons. The molecule has 25 heavy (non-hydrogen) atoms. The molecule has 1 rings (SSSR count). The normalized spacial score (nSPS) is 31.7. The van der Waals surface area contributed by atoms with Gasteiger partial charge < -0.3 is 45.4 Å². The standard InChI is InChI=1S/C13H21NO11/c1-5(16)24-4-7(18)10(20)11-9(14-8(19)3-15)6(17)2-13(23,25-11)12(21)22/h6-7,9-11,15,17-18,20,23H,2-4H2,1H3,(H,14,19)(H,21,22)/t6-,7?,9+,10?,11+,13?/m0/s1. The van der Waals surface area contributed by atoms with E-state index in [1.807, 2.05) is 0 Å². The van der Waals surface area contributed by atoms with Gasteiger partial charge in [0.2, 0.25) is 5.91 Å². The molecule has 12 nitrogen and oxygen atoms in total. The highest BCUT2D eigenvalue weighted by Gasteiger charge is 2.54. The number of hydrogen-bond donors (Lipinski definition) is 7. The maximum absolute atomic E-state index is 11.4. The van der Waals surface area contributed by atoms with Crippen LogP contribution in [0, 0.1) is 0 Å². The van der Waals surface area contributed by atoms with Gasteiger partial charge in [-0.25, -0.2) is 4.79 Å². The number of esters is 1. The van der Waals surface area contributed by atoms with Crippen molar-refractivity contribution in [2.45, 2.75) is 49.6 Å². The number of carbonyl (C=O) groups excluding carboxylic acids is 2. The number of ether oxygens (including phenoxy) is 2. The van der Waals surface area contributed by atoms with Crippen molar-refractivity contribution in [1.82, 2.24) is 5.32 Å². The molecular weight excluding hydrogens is 346 g/mol. The van der Waals surface area contributed by atoms with Gasteiger partial charge in [0, 0.05) is 13.3 Å².